The molecule has 0 aliphatic rings. The number of rotatable bonds is 6. The highest BCUT2D eigenvalue weighted by atomic mass is 32.2. The van der Waals surface area contributed by atoms with Gasteiger partial charge in [0.25, 0.3) is 0 Å². The summed E-state index contributed by atoms with van der Waals surface area (Å²) in [5.74, 6) is 0.823. The van der Waals surface area contributed by atoms with Crippen molar-refractivity contribution in [3.63, 3.8) is 0 Å². The molecule has 0 unspecified atom stereocenters. The first-order valence-electron chi connectivity index (χ1n) is 8.28. The predicted molar refractivity (Wildman–Crippen MR) is 103 cm³/mol. The van der Waals surface area contributed by atoms with E-state index >= 15 is 0 Å². The summed E-state index contributed by atoms with van der Waals surface area (Å²) in [6.07, 6.45) is 0. The van der Waals surface area contributed by atoms with Gasteiger partial charge >= 0.3 is 0 Å². The first-order valence-corrected chi connectivity index (χ1v) is 9.27. The number of benzene rings is 2. The molecule has 0 aromatic heterocycles. The van der Waals surface area contributed by atoms with E-state index in [-0.39, 0.29) is 11.4 Å². The van der Waals surface area contributed by atoms with Gasteiger partial charge in [-0.25, -0.2) is 0 Å². The fourth-order valence-electron chi connectivity index (χ4n) is 2.41. The molecule has 3 heteroatoms. The standard InChI is InChI=1S/C21H27NOS/c1-16-10-9-13-18(14-16)24-15-20(2,3)19(23)22-21(4,5)17-11-7-6-8-12-17/h6-14H,15H2,1-5H3,(H,22,23). The molecule has 0 atom stereocenters. The number of amides is 1. The lowest BCUT2D eigenvalue weighted by atomic mass is 9.89. The molecule has 2 aromatic carbocycles. The number of thioether (sulfide) groups is 1. The van der Waals surface area contributed by atoms with Gasteiger partial charge in [-0.3, -0.25) is 4.79 Å². The van der Waals surface area contributed by atoms with Crippen LogP contribution in [0.1, 0.15) is 38.8 Å². The topological polar surface area (TPSA) is 29.1 Å². The first kappa shape index (κ1) is 18.6. The fourth-order valence-corrected chi connectivity index (χ4v) is 3.52. The molecule has 0 heterocycles. The SMILES string of the molecule is Cc1cccc(SCC(C)(C)C(=O)NC(C)(C)c2ccccc2)c1. The summed E-state index contributed by atoms with van der Waals surface area (Å²) in [6.45, 7) is 10.2. The predicted octanol–water partition coefficient (Wildman–Crippen LogP) is 5.16. The monoisotopic (exact) mass is 341 g/mol. The number of hydrogen-bond donors (Lipinski definition) is 1. The van der Waals surface area contributed by atoms with Crippen molar-refractivity contribution in [2.24, 2.45) is 5.41 Å². The number of carbonyl (C=O) groups is 1. The Morgan fingerprint density at radius 2 is 1.67 bits per heavy atom. The van der Waals surface area contributed by atoms with Crippen LogP contribution in [0.2, 0.25) is 0 Å². The highest BCUT2D eigenvalue weighted by Crippen LogP contribution is 2.30. The Labute approximate surface area is 150 Å². The quantitative estimate of drug-likeness (QED) is 0.735. The molecule has 0 spiro atoms. The summed E-state index contributed by atoms with van der Waals surface area (Å²) in [5.41, 5.74) is 1.53. The van der Waals surface area contributed by atoms with E-state index in [1.165, 1.54) is 10.5 Å². The largest absolute Gasteiger partial charge is 0.347 e. The average Bonchev–Trinajstić information content (AvgIpc) is 2.53. The fraction of sp³-hybridized carbons (Fsp3) is 0.381. The van der Waals surface area contributed by atoms with Crippen LogP contribution in [0.4, 0.5) is 0 Å². The van der Waals surface area contributed by atoms with E-state index in [0.29, 0.717) is 0 Å². The zero-order valence-corrected chi connectivity index (χ0v) is 16.0. The van der Waals surface area contributed by atoms with Crippen LogP contribution >= 0.6 is 11.8 Å². The first-order chi connectivity index (χ1) is 11.2. The van der Waals surface area contributed by atoms with E-state index in [1.54, 1.807) is 11.8 Å². The van der Waals surface area contributed by atoms with E-state index in [9.17, 15) is 4.79 Å². The third-order valence-corrected chi connectivity index (χ3v) is 5.58. The smallest absolute Gasteiger partial charge is 0.227 e. The van der Waals surface area contributed by atoms with Crippen LogP contribution in [0.5, 0.6) is 0 Å². The Morgan fingerprint density at radius 3 is 2.29 bits per heavy atom. The van der Waals surface area contributed by atoms with Crippen molar-refractivity contribution >= 4 is 17.7 Å². The van der Waals surface area contributed by atoms with E-state index in [2.05, 4.69) is 48.6 Å². The molecule has 24 heavy (non-hydrogen) atoms. The third-order valence-electron chi connectivity index (χ3n) is 4.13. The van der Waals surface area contributed by atoms with Crippen molar-refractivity contribution in [1.82, 2.24) is 5.32 Å². The minimum atomic E-state index is -0.444. The van der Waals surface area contributed by atoms with Crippen molar-refractivity contribution in [3.05, 3.63) is 65.7 Å². The second-order valence-corrected chi connectivity index (χ2v) is 8.48. The van der Waals surface area contributed by atoms with Gasteiger partial charge in [-0.15, -0.1) is 11.8 Å². The molecule has 0 saturated heterocycles. The van der Waals surface area contributed by atoms with Gasteiger partial charge in [-0.2, -0.15) is 0 Å². The maximum Gasteiger partial charge on any atom is 0.227 e. The summed E-state index contributed by atoms with van der Waals surface area (Å²) >= 11 is 1.73. The Morgan fingerprint density at radius 1 is 1.00 bits per heavy atom. The van der Waals surface area contributed by atoms with Crippen molar-refractivity contribution < 1.29 is 4.79 Å². The highest BCUT2D eigenvalue weighted by molar-refractivity contribution is 7.99. The Bertz CT molecular complexity index is 692. The molecule has 1 amide bonds. The molecule has 2 nitrogen and oxygen atoms in total. The normalized spacial score (nSPS) is 12.0. The van der Waals surface area contributed by atoms with Crippen molar-refractivity contribution in [2.45, 2.75) is 45.1 Å². The van der Waals surface area contributed by atoms with E-state index < -0.39 is 5.41 Å². The zero-order chi connectivity index (χ0) is 17.8. The number of aryl methyl sites for hydroxylation is 1. The van der Waals surface area contributed by atoms with Crippen molar-refractivity contribution in [1.29, 1.82) is 0 Å². The molecule has 0 saturated carbocycles. The summed E-state index contributed by atoms with van der Waals surface area (Å²) in [5, 5.41) is 3.21. The van der Waals surface area contributed by atoms with Gasteiger partial charge in [0.15, 0.2) is 0 Å². The van der Waals surface area contributed by atoms with Crippen LogP contribution in [0.25, 0.3) is 0 Å². The van der Waals surface area contributed by atoms with Crippen LogP contribution in [0, 0.1) is 12.3 Å². The molecule has 0 bridgehead atoms. The summed E-state index contributed by atoms with van der Waals surface area (Å²) in [4.78, 5) is 14.0. The maximum absolute atomic E-state index is 12.8. The second kappa shape index (κ2) is 7.43. The van der Waals surface area contributed by atoms with Gasteiger partial charge in [0.05, 0.1) is 11.0 Å². The molecule has 0 aliphatic carbocycles. The number of nitrogens with one attached hydrogen (secondary N) is 1. The van der Waals surface area contributed by atoms with Crippen LogP contribution < -0.4 is 5.32 Å². The minimum Gasteiger partial charge on any atom is -0.347 e. The highest BCUT2D eigenvalue weighted by Gasteiger charge is 2.32. The Hall–Kier alpha value is -1.74. The average molecular weight is 342 g/mol. The van der Waals surface area contributed by atoms with E-state index in [4.69, 9.17) is 0 Å². The lowest BCUT2D eigenvalue weighted by Crippen LogP contribution is -2.47. The molecule has 0 radical (unpaired) electrons. The number of hydrogen-bond acceptors (Lipinski definition) is 2. The van der Waals surface area contributed by atoms with Crippen LogP contribution in [-0.4, -0.2) is 11.7 Å². The zero-order valence-electron chi connectivity index (χ0n) is 15.2. The van der Waals surface area contributed by atoms with Crippen molar-refractivity contribution in [3.8, 4) is 0 Å². The molecule has 0 aliphatic heterocycles. The molecule has 2 aromatic rings. The van der Waals surface area contributed by atoms with Gasteiger partial charge in [0, 0.05) is 10.6 Å². The summed E-state index contributed by atoms with van der Waals surface area (Å²) in [6, 6.07) is 18.5. The van der Waals surface area contributed by atoms with Gasteiger partial charge in [0.2, 0.25) is 5.91 Å². The molecule has 1 N–H and O–H groups in total. The van der Waals surface area contributed by atoms with E-state index in [1.807, 2.05) is 45.9 Å². The van der Waals surface area contributed by atoms with Crippen molar-refractivity contribution in [2.75, 3.05) is 5.75 Å². The molecule has 0 fully saturated rings. The van der Waals surface area contributed by atoms with Gasteiger partial charge in [0.1, 0.15) is 0 Å². The molecule has 128 valence electrons. The lowest BCUT2D eigenvalue weighted by molar-refractivity contribution is -0.130. The molecular weight excluding hydrogens is 314 g/mol. The van der Waals surface area contributed by atoms with E-state index in [0.717, 1.165) is 11.3 Å². The van der Waals surface area contributed by atoms with Gasteiger partial charge in [-0.1, -0.05) is 61.9 Å². The van der Waals surface area contributed by atoms with Crippen LogP contribution in [-0.2, 0) is 10.3 Å². The Kier molecular flexibility index (Phi) is 5.76. The third kappa shape index (κ3) is 4.88. The number of carbonyl (C=O) groups excluding carboxylic acids is 1. The lowest BCUT2D eigenvalue weighted by Gasteiger charge is -2.32. The minimum absolute atomic E-state index is 0.0801. The Balaban J connectivity index is 2.02. The van der Waals surface area contributed by atoms with Crippen LogP contribution in [0.15, 0.2) is 59.5 Å². The maximum atomic E-state index is 12.8. The van der Waals surface area contributed by atoms with Gasteiger partial charge < -0.3 is 5.32 Å². The van der Waals surface area contributed by atoms with Gasteiger partial charge in [-0.05, 0) is 38.5 Å². The molecular formula is C21H27NOS. The summed E-state index contributed by atoms with van der Waals surface area (Å²) < 4.78 is 0. The summed E-state index contributed by atoms with van der Waals surface area (Å²) in [7, 11) is 0. The molecule has 2 rings (SSSR count). The van der Waals surface area contributed by atoms with Crippen LogP contribution in [0.3, 0.4) is 0 Å². The second-order valence-electron chi connectivity index (χ2n) is 7.43.